The summed E-state index contributed by atoms with van der Waals surface area (Å²) in [5.41, 5.74) is 4.57. The van der Waals surface area contributed by atoms with Gasteiger partial charge in [0.15, 0.2) is 11.7 Å². The molecule has 158 valence electrons. The molecule has 1 amide bonds. The van der Waals surface area contributed by atoms with E-state index in [2.05, 4.69) is 47.2 Å². The summed E-state index contributed by atoms with van der Waals surface area (Å²) in [6.07, 6.45) is 2.56. The summed E-state index contributed by atoms with van der Waals surface area (Å²) >= 11 is 1.51. The molecule has 2 heterocycles. The Morgan fingerprint density at radius 2 is 1.97 bits per heavy atom. The van der Waals surface area contributed by atoms with E-state index >= 15 is 0 Å². The Balaban J connectivity index is 1.34. The van der Waals surface area contributed by atoms with Gasteiger partial charge in [-0.25, -0.2) is 4.98 Å². The molecule has 0 bridgehead atoms. The molecule has 0 spiro atoms. The van der Waals surface area contributed by atoms with Crippen LogP contribution in [0.5, 0.6) is 5.75 Å². The van der Waals surface area contributed by atoms with E-state index in [1.165, 1.54) is 48.4 Å². The predicted molar refractivity (Wildman–Crippen MR) is 123 cm³/mol. The fraction of sp³-hybridized carbons (Fsp3) is 0.417. The summed E-state index contributed by atoms with van der Waals surface area (Å²) in [6, 6.07) is 12.2. The second kappa shape index (κ2) is 9.14. The lowest BCUT2D eigenvalue weighted by atomic mass is 9.99. The number of hydrogen-bond donors (Lipinski definition) is 1. The zero-order valence-electron chi connectivity index (χ0n) is 17.9. The standard InChI is InChI=1S/C24H29N3O2S/c1-16-8-10-27(11-9-16)14-19-5-7-21-22(13-19)30-24(25-21)26-23(28)15-29-20-6-4-17(2)18(3)12-20/h4-7,12-13,16H,8-11,14-15H2,1-3H3,(H,25,26,28). The topological polar surface area (TPSA) is 54.5 Å². The van der Waals surface area contributed by atoms with Crippen LogP contribution in [0.3, 0.4) is 0 Å². The minimum atomic E-state index is -0.199. The Hall–Kier alpha value is -2.44. The number of ether oxygens (including phenoxy) is 1. The lowest BCUT2D eigenvalue weighted by molar-refractivity contribution is -0.118. The van der Waals surface area contributed by atoms with Crippen LogP contribution in [-0.4, -0.2) is 35.5 Å². The molecular formula is C24H29N3O2S. The number of carbonyl (C=O) groups excluding carboxylic acids is 1. The Morgan fingerprint density at radius 1 is 1.17 bits per heavy atom. The van der Waals surface area contributed by atoms with Crippen molar-refractivity contribution in [1.29, 1.82) is 0 Å². The van der Waals surface area contributed by atoms with Gasteiger partial charge in [0, 0.05) is 6.54 Å². The van der Waals surface area contributed by atoms with Gasteiger partial charge in [0.25, 0.3) is 5.91 Å². The number of aromatic nitrogens is 1. The zero-order valence-corrected chi connectivity index (χ0v) is 18.7. The number of thiazole rings is 1. The molecule has 0 atom stereocenters. The van der Waals surface area contributed by atoms with E-state index in [1.807, 2.05) is 25.1 Å². The molecule has 1 saturated heterocycles. The van der Waals surface area contributed by atoms with Crippen LogP contribution in [0.2, 0.25) is 0 Å². The van der Waals surface area contributed by atoms with Crippen molar-refractivity contribution in [2.75, 3.05) is 25.0 Å². The van der Waals surface area contributed by atoms with Gasteiger partial charge >= 0.3 is 0 Å². The molecule has 1 aromatic heterocycles. The van der Waals surface area contributed by atoms with Crippen molar-refractivity contribution in [3.05, 3.63) is 53.1 Å². The molecule has 0 aliphatic carbocycles. The van der Waals surface area contributed by atoms with Crippen LogP contribution in [0.15, 0.2) is 36.4 Å². The van der Waals surface area contributed by atoms with Crippen LogP contribution in [0, 0.1) is 19.8 Å². The van der Waals surface area contributed by atoms with Crippen LogP contribution < -0.4 is 10.1 Å². The molecule has 1 fully saturated rings. The maximum Gasteiger partial charge on any atom is 0.264 e. The number of aryl methyl sites for hydroxylation is 2. The third-order valence-corrected chi connectivity index (χ3v) is 6.76. The molecule has 4 rings (SSSR count). The Kier molecular flexibility index (Phi) is 6.35. The molecule has 0 unspecified atom stereocenters. The number of rotatable bonds is 6. The third kappa shape index (κ3) is 5.18. The molecule has 6 heteroatoms. The smallest absolute Gasteiger partial charge is 0.264 e. The van der Waals surface area contributed by atoms with E-state index in [9.17, 15) is 4.79 Å². The molecule has 3 aromatic rings. The average Bonchev–Trinajstić information content (AvgIpc) is 3.12. The van der Waals surface area contributed by atoms with Gasteiger partial charge in [0.1, 0.15) is 5.75 Å². The van der Waals surface area contributed by atoms with Gasteiger partial charge in [0.05, 0.1) is 10.2 Å². The molecule has 0 saturated carbocycles. The number of benzene rings is 2. The summed E-state index contributed by atoms with van der Waals surface area (Å²) in [6.45, 7) is 9.71. The normalized spacial score (nSPS) is 15.4. The van der Waals surface area contributed by atoms with E-state index in [4.69, 9.17) is 4.74 Å². The zero-order chi connectivity index (χ0) is 21.1. The molecule has 30 heavy (non-hydrogen) atoms. The number of anilines is 1. The summed E-state index contributed by atoms with van der Waals surface area (Å²) in [7, 11) is 0. The molecule has 1 aliphatic heterocycles. The van der Waals surface area contributed by atoms with Gasteiger partial charge in [-0.2, -0.15) is 0 Å². The molecule has 0 radical (unpaired) electrons. The van der Waals surface area contributed by atoms with E-state index in [1.54, 1.807) is 0 Å². The quantitative estimate of drug-likeness (QED) is 0.595. The fourth-order valence-corrected chi connectivity index (χ4v) is 4.65. The predicted octanol–water partition coefficient (Wildman–Crippen LogP) is 5.16. The number of piperidine rings is 1. The van der Waals surface area contributed by atoms with E-state index in [0.29, 0.717) is 10.9 Å². The summed E-state index contributed by atoms with van der Waals surface area (Å²) in [4.78, 5) is 19.4. The highest BCUT2D eigenvalue weighted by Crippen LogP contribution is 2.28. The fourth-order valence-electron chi connectivity index (χ4n) is 3.71. The highest BCUT2D eigenvalue weighted by molar-refractivity contribution is 7.22. The van der Waals surface area contributed by atoms with Crippen LogP contribution in [-0.2, 0) is 11.3 Å². The first-order valence-corrected chi connectivity index (χ1v) is 11.4. The first-order chi connectivity index (χ1) is 14.5. The second-order valence-electron chi connectivity index (χ2n) is 8.36. The molecule has 2 aromatic carbocycles. The van der Waals surface area contributed by atoms with Gasteiger partial charge in [-0.05, 0) is 86.7 Å². The van der Waals surface area contributed by atoms with E-state index in [-0.39, 0.29) is 12.5 Å². The maximum atomic E-state index is 12.3. The number of nitrogens with zero attached hydrogens (tertiary/aromatic N) is 2. The Bertz CT molecular complexity index is 1040. The molecule has 1 N–H and O–H groups in total. The lowest BCUT2D eigenvalue weighted by Crippen LogP contribution is -2.32. The van der Waals surface area contributed by atoms with Gasteiger partial charge in [-0.15, -0.1) is 0 Å². The number of amides is 1. The van der Waals surface area contributed by atoms with Gasteiger partial charge in [0.2, 0.25) is 0 Å². The highest BCUT2D eigenvalue weighted by atomic mass is 32.1. The van der Waals surface area contributed by atoms with Crippen LogP contribution >= 0.6 is 11.3 Å². The first kappa shape index (κ1) is 20.8. The van der Waals surface area contributed by atoms with Gasteiger partial charge < -0.3 is 4.74 Å². The summed E-state index contributed by atoms with van der Waals surface area (Å²) in [5.74, 6) is 1.35. The van der Waals surface area contributed by atoms with Crippen molar-refractivity contribution in [2.45, 2.75) is 40.2 Å². The Labute approximate surface area is 182 Å². The van der Waals surface area contributed by atoms with Crippen molar-refractivity contribution < 1.29 is 9.53 Å². The van der Waals surface area contributed by atoms with Crippen LogP contribution in [0.1, 0.15) is 36.5 Å². The molecule has 5 nitrogen and oxygen atoms in total. The highest BCUT2D eigenvalue weighted by Gasteiger charge is 2.16. The van der Waals surface area contributed by atoms with Crippen LogP contribution in [0.25, 0.3) is 10.2 Å². The minimum Gasteiger partial charge on any atom is -0.484 e. The number of fused-ring (bicyclic) bond motifs is 1. The van der Waals surface area contributed by atoms with Gasteiger partial charge in [-0.3, -0.25) is 15.0 Å². The van der Waals surface area contributed by atoms with Crippen molar-refractivity contribution in [2.24, 2.45) is 5.92 Å². The van der Waals surface area contributed by atoms with Crippen LogP contribution in [0.4, 0.5) is 5.13 Å². The van der Waals surface area contributed by atoms with Gasteiger partial charge in [-0.1, -0.05) is 30.4 Å². The summed E-state index contributed by atoms with van der Waals surface area (Å²) in [5, 5.41) is 3.48. The summed E-state index contributed by atoms with van der Waals surface area (Å²) < 4.78 is 6.72. The van der Waals surface area contributed by atoms with Crippen molar-refractivity contribution in [3.8, 4) is 5.75 Å². The monoisotopic (exact) mass is 423 g/mol. The number of hydrogen-bond acceptors (Lipinski definition) is 5. The maximum absolute atomic E-state index is 12.3. The number of likely N-dealkylation sites (tertiary alicyclic amines) is 1. The van der Waals surface area contributed by atoms with Crippen molar-refractivity contribution in [1.82, 2.24) is 9.88 Å². The number of nitrogens with one attached hydrogen (secondary N) is 1. The van der Waals surface area contributed by atoms with E-state index in [0.717, 1.165) is 28.2 Å². The lowest BCUT2D eigenvalue weighted by Gasteiger charge is -2.30. The third-order valence-electron chi connectivity index (χ3n) is 5.83. The van der Waals surface area contributed by atoms with Crippen molar-refractivity contribution >= 4 is 32.6 Å². The average molecular weight is 424 g/mol. The number of carbonyl (C=O) groups is 1. The first-order valence-electron chi connectivity index (χ1n) is 10.6. The van der Waals surface area contributed by atoms with E-state index < -0.39 is 0 Å². The SMILES string of the molecule is Cc1ccc(OCC(=O)Nc2nc3ccc(CN4CCC(C)CC4)cc3s2)cc1C. The molecule has 1 aliphatic rings. The minimum absolute atomic E-state index is 0.0307. The van der Waals surface area contributed by atoms with Crippen molar-refractivity contribution in [3.63, 3.8) is 0 Å². The largest absolute Gasteiger partial charge is 0.484 e. The Morgan fingerprint density at radius 3 is 2.73 bits per heavy atom. The second-order valence-corrected chi connectivity index (χ2v) is 9.39. The molecular weight excluding hydrogens is 394 g/mol.